The van der Waals surface area contributed by atoms with E-state index in [0.29, 0.717) is 31.0 Å². The molecule has 6 nitrogen and oxygen atoms in total. The maximum atomic E-state index is 13.1. The minimum absolute atomic E-state index is 0.234. The number of fused-ring (bicyclic) bond motifs is 1. The quantitative estimate of drug-likeness (QED) is 0.339. The van der Waals surface area contributed by atoms with E-state index in [1.807, 2.05) is 67.6 Å². The van der Waals surface area contributed by atoms with Gasteiger partial charge in [0, 0.05) is 23.1 Å². The summed E-state index contributed by atoms with van der Waals surface area (Å²) in [6.07, 6.45) is 2.42. The average molecular weight is 578 g/mol. The van der Waals surface area contributed by atoms with E-state index in [0.717, 1.165) is 38.7 Å². The summed E-state index contributed by atoms with van der Waals surface area (Å²) in [4.78, 5) is 41.8. The predicted molar refractivity (Wildman–Crippen MR) is 148 cm³/mol. The molecule has 3 aromatic carbocycles. The van der Waals surface area contributed by atoms with Crippen LogP contribution in [0.3, 0.4) is 0 Å². The first-order chi connectivity index (χ1) is 17.9. The molecule has 0 radical (unpaired) electrons. The number of benzene rings is 3. The van der Waals surface area contributed by atoms with Crippen molar-refractivity contribution in [2.45, 2.75) is 26.5 Å². The molecule has 3 amide bonds. The summed E-state index contributed by atoms with van der Waals surface area (Å²) in [6.45, 7) is 3.20. The standard InChI is InChI=1S/C29H25BrN2O4S/c1-19-6-8-20(9-7-19)18-36-25-11-10-24(30)14-23(25)15-26-28(34)32(29(35)37-26)17-27(33)31-13-12-21-4-2-3-5-22(21)16-31/h2-11,14-15H,12-13,16-18H2,1H3/b26-15-. The number of amides is 3. The average Bonchev–Trinajstić information content (AvgIpc) is 3.16. The van der Waals surface area contributed by atoms with Gasteiger partial charge in [0.05, 0.1) is 4.91 Å². The molecule has 1 fully saturated rings. The topological polar surface area (TPSA) is 66.9 Å². The number of carbonyl (C=O) groups is 3. The first-order valence-electron chi connectivity index (χ1n) is 12.0. The fourth-order valence-corrected chi connectivity index (χ4v) is 5.54. The van der Waals surface area contributed by atoms with E-state index >= 15 is 0 Å². The van der Waals surface area contributed by atoms with Gasteiger partial charge >= 0.3 is 0 Å². The molecule has 0 N–H and O–H groups in total. The Balaban J connectivity index is 1.29. The third-order valence-corrected chi connectivity index (χ3v) is 7.82. The molecule has 0 unspecified atom stereocenters. The summed E-state index contributed by atoms with van der Waals surface area (Å²) in [7, 11) is 0. The highest BCUT2D eigenvalue weighted by Gasteiger charge is 2.37. The van der Waals surface area contributed by atoms with Gasteiger partial charge in [0.2, 0.25) is 5.91 Å². The first-order valence-corrected chi connectivity index (χ1v) is 13.6. The Labute approximate surface area is 228 Å². The predicted octanol–water partition coefficient (Wildman–Crippen LogP) is 5.96. The summed E-state index contributed by atoms with van der Waals surface area (Å²) in [5.74, 6) is -0.105. The van der Waals surface area contributed by atoms with Crippen LogP contribution in [0, 0.1) is 6.92 Å². The van der Waals surface area contributed by atoms with E-state index in [2.05, 4.69) is 22.0 Å². The van der Waals surface area contributed by atoms with Crippen molar-refractivity contribution in [3.63, 3.8) is 0 Å². The third kappa shape index (κ3) is 5.81. The Morgan fingerprint density at radius 3 is 2.59 bits per heavy atom. The zero-order valence-corrected chi connectivity index (χ0v) is 22.7. The summed E-state index contributed by atoms with van der Waals surface area (Å²) >= 11 is 4.31. The molecule has 188 valence electrons. The summed E-state index contributed by atoms with van der Waals surface area (Å²) in [5.41, 5.74) is 5.20. The van der Waals surface area contributed by atoms with Gasteiger partial charge in [0.1, 0.15) is 18.9 Å². The number of hydrogen-bond acceptors (Lipinski definition) is 5. The molecular formula is C29H25BrN2O4S. The van der Waals surface area contributed by atoms with Crippen LogP contribution in [0.4, 0.5) is 4.79 Å². The van der Waals surface area contributed by atoms with Crippen molar-refractivity contribution < 1.29 is 19.1 Å². The molecule has 0 aliphatic carbocycles. The molecular weight excluding hydrogens is 552 g/mol. The summed E-state index contributed by atoms with van der Waals surface area (Å²) in [5, 5.41) is -0.445. The van der Waals surface area contributed by atoms with Gasteiger partial charge in [-0.1, -0.05) is 70.0 Å². The SMILES string of the molecule is Cc1ccc(COc2ccc(Br)cc2/C=C2\SC(=O)N(CC(=O)N3CCc4ccccc4C3)C2=O)cc1. The van der Waals surface area contributed by atoms with Crippen molar-refractivity contribution in [1.82, 2.24) is 9.80 Å². The fourth-order valence-electron chi connectivity index (χ4n) is 4.33. The number of aryl methyl sites for hydroxylation is 1. The highest BCUT2D eigenvalue weighted by molar-refractivity contribution is 9.10. The lowest BCUT2D eigenvalue weighted by Crippen LogP contribution is -2.44. The van der Waals surface area contributed by atoms with Gasteiger partial charge in [0.25, 0.3) is 11.1 Å². The second-order valence-corrected chi connectivity index (χ2v) is 11.0. The first kappa shape index (κ1) is 25.3. The van der Waals surface area contributed by atoms with Gasteiger partial charge < -0.3 is 9.64 Å². The lowest BCUT2D eigenvalue weighted by molar-refractivity contribution is -0.136. The van der Waals surface area contributed by atoms with Gasteiger partial charge in [-0.15, -0.1) is 0 Å². The molecule has 0 spiro atoms. The minimum Gasteiger partial charge on any atom is -0.488 e. The van der Waals surface area contributed by atoms with E-state index in [-0.39, 0.29) is 17.4 Å². The van der Waals surface area contributed by atoms with Crippen LogP contribution in [0.1, 0.15) is 27.8 Å². The monoisotopic (exact) mass is 576 g/mol. The largest absolute Gasteiger partial charge is 0.488 e. The second-order valence-electron chi connectivity index (χ2n) is 9.06. The van der Waals surface area contributed by atoms with Crippen LogP contribution in [0.25, 0.3) is 6.08 Å². The molecule has 2 aliphatic rings. The normalized spacial score (nSPS) is 16.3. The number of halogens is 1. The van der Waals surface area contributed by atoms with Crippen LogP contribution in [-0.2, 0) is 29.2 Å². The smallest absolute Gasteiger partial charge is 0.294 e. The zero-order chi connectivity index (χ0) is 25.9. The van der Waals surface area contributed by atoms with Crippen LogP contribution in [0.2, 0.25) is 0 Å². The van der Waals surface area contributed by atoms with Crippen molar-refractivity contribution in [3.05, 3.63) is 104 Å². The number of ether oxygens (including phenoxy) is 1. The van der Waals surface area contributed by atoms with Crippen LogP contribution in [-0.4, -0.2) is 39.9 Å². The van der Waals surface area contributed by atoms with Crippen LogP contribution < -0.4 is 4.74 Å². The van der Waals surface area contributed by atoms with Crippen molar-refractivity contribution in [1.29, 1.82) is 0 Å². The van der Waals surface area contributed by atoms with E-state index in [4.69, 9.17) is 4.74 Å². The molecule has 0 atom stereocenters. The molecule has 8 heteroatoms. The Morgan fingerprint density at radius 1 is 1.05 bits per heavy atom. The Hall–Kier alpha value is -3.36. The molecule has 2 aliphatic heterocycles. The van der Waals surface area contributed by atoms with Crippen LogP contribution >= 0.6 is 27.7 Å². The van der Waals surface area contributed by atoms with E-state index in [1.54, 1.807) is 11.0 Å². The van der Waals surface area contributed by atoms with Crippen molar-refractivity contribution >= 4 is 50.8 Å². The molecule has 0 saturated carbocycles. The number of imide groups is 1. The van der Waals surface area contributed by atoms with Gasteiger partial charge in [-0.05, 0) is 66.1 Å². The maximum Gasteiger partial charge on any atom is 0.294 e. The molecule has 1 saturated heterocycles. The number of nitrogens with zero attached hydrogens (tertiary/aromatic N) is 2. The lowest BCUT2D eigenvalue weighted by Gasteiger charge is -2.29. The van der Waals surface area contributed by atoms with Crippen LogP contribution in [0.15, 0.2) is 76.1 Å². The molecule has 2 heterocycles. The fraction of sp³-hybridized carbons (Fsp3) is 0.207. The van der Waals surface area contributed by atoms with E-state index in [1.165, 1.54) is 11.1 Å². The number of hydrogen-bond donors (Lipinski definition) is 0. The maximum absolute atomic E-state index is 13.1. The molecule has 37 heavy (non-hydrogen) atoms. The van der Waals surface area contributed by atoms with E-state index in [9.17, 15) is 14.4 Å². The Bertz CT molecular complexity index is 1400. The van der Waals surface area contributed by atoms with Gasteiger partial charge in [0.15, 0.2) is 0 Å². The van der Waals surface area contributed by atoms with Crippen LogP contribution in [0.5, 0.6) is 5.75 Å². The van der Waals surface area contributed by atoms with Gasteiger partial charge in [-0.2, -0.15) is 0 Å². The van der Waals surface area contributed by atoms with Crippen molar-refractivity contribution in [2.75, 3.05) is 13.1 Å². The lowest BCUT2D eigenvalue weighted by atomic mass is 10.00. The van der Waals surface area contributed by atoms with E-state index < -0.39 is 11.1 Å². The Kier molecular flexibility index (Phi) is 7.48. The van der Waals surface area contributed by atoms with Gasteiger partial charge in [-0.25, -0.2) is 0 Å². The highest BCUT2D eigenvalue weighted by Crippen LogP contribution is 2.35. The second kappa shape index (κ2) is 10.9. The Morgan fingerprint density at radius 2 is 1.81 bits per heavy atom. The minimum atomic E-state index is -0.467. The zero-order valence-electron chi connectivity index (χ0n) is 20.3. The molecule has 3 aromatic rings. The summed E-state index contributed by atoms with van der Waals surface area (Å²) < 4.78 is 6.87. The summed E-state index contributed by atoms with van der Waals surface area (Å²) in [6, 6.07) is 21.6. The molecule has 5 rings (SSSR count). The number of carbonyl (C=O) groups excluding carboxylic acids is 3. The highest BCUT2D eigenvalue weighted by atomic mass is 79.9. The molecule has 0 aromatic heterocycles. The van der Waals surface area contributed by atoms with Crippen molar-refractivity contribution in [3.8, 4) is 5.75 Å². The van der Waals surface area contributed by atoms with Gasteiger partial charge in [-0.3, -0.25) is 19.3 Å². The number of rotatable bonds is 6. The van der Waals surface area contributed by atoms with Crippen molar-refractivity contribution in [2.24, 2.45) is 0 Å². The number of thioether (sulfide) groups is 1. The third-order valence-electron chi connectivity index (χ3n) is 6.42. The molecule has 0 bridgehead atoms.